The molecule has 2 aliphatic rings. The van der Waals surface area contributed by atoms with E-state index in [1.807, 2.05) is 0 Å². The second kappa shape index (κ2) is 9.65. The Morgan fingerprint density at radius 2 is 1.81 bits per heavy atom. The lowest BCUT2D eigenvalue weighted by atomic mass is 9.94. The predicted octanol–water partition coefficient (Wildman–Crippen LogP) is 3.02. The van der Waals surface area contributed by atoms with E-state index in [2.05, 4.69) is 4.90 Å². The molecule has 3 rings (SSSR count). The van der Waals surface area contributed by atoms with Crippen LogP contribution >= 0.6 is 11.6 Å². The van der Waals surface area contributed by atoms with Crippen LogP contribution in [0.2, 0.25) is 5.02 Å². The fourth-order valence-corrected chi connectivity index (χ4v) is 4.72. The Balaban J connectivity index is 1.55. The maximum atomic E-state index is 13.1. The van der Waals surface area contributed by atoms with E-state index in [1.54, 1.807) is 4.90 Å². The lowest BCUT2D eigenvalue weighted by Crippen LogP contribution is -2.55. The molecule has 0 unspecified atom stereocenters. The number of piperidine rings is 2. The number of carbonyl (C=O) groups excluding carboxylic acids is 2. The smallest absolute Gasteiger partial charge is 0.397 e. The molecule has 0 aliphatic carbocycles. The molecule has 2 amide bonds. The maximum Gasteiger partial charge on any atom is 0.418 e. The zero-order valence-electron chi connectivity index (χ0n) is 17.1. The number of benzene rings is 1. The SMILES string of the molecule is NC(=O)[C@H]1CCCCN1C1CCN(C(=O)[CH]Cc2cc(Cl)c(N)c(C(F)(F)F)c2)CC1. The van der Waals surface area contributed by atoms with Gasteiger partial charge in [0.25, 0.3) is 0 Å². The van der Waals surface area contributed by atoms with Crippen molar-refractivity contribution >= 4 is 29.1 Å². The minimum Gasteiger partial charge on any atom is -0.397 e. The Kier molecular flexibility index (Phi) is 7.36. The first kappa shape index (κ1) is 23.7. The van der Waals surface area contributed by atoms with Gasteiger partial charge in [0.2, 0.25) is 11.8 Å². The largest absolute Gasteiger partial charge is 0.418 e. The molecule has 0 bridgehead atoms. The zero-order valence-corrected chi connectivity index (χ0v) is 17.9. The first-order valence-electron chi connectivity index (χ1n) is 10.4. The number of nitrogens with zero attached hydrogens (tertiary/aromatic N) is 2. The van der Waals surface area contributed by atoms with Crippen LogP contribution in [0.5, 0.6) is 0 Å². The minimum atomic E-state index is -4.62. The van der Waals surface area contributed by atoms with Crippen molar-refractivity contribution in [2.45, 2.75) is 56.8 Å². The predicted molar refractivity (Wildman–Crippen MR) is 112 cm³/mol. The number of halogens is 4. The van der Waals surface area contributed by atoms with Gasteiger partial charge < -0.3 is 16.4 Å². The molecule has 2 heterocycles. The van der Waals surface area contributed by atoms with Crippen LogP contribution in [0.25, 0.3) is 0 Å². The zero-order chi connectivity index (χ0) is 22.8. The van der Waals surface area contributed by atoms with Crippen molar-refractivity contribution in [3.8, 4) is 0 Å². The van der Waals surface area contributed by atoms with Gasteiger partial charge in [0.05, 0.1) is 28.7 Å². The molecule has 31 heavy (non-hydrogen) atoms. The Morgan fingerprint density at radius 1 is 1.13 bits per heavy atom. The second-order valence-electron chi connectivity index (χ2n) is 8.15. The molecular weight excluding hydrogens is 433 g/mol. The van der Waals surface area contributed by atoms with Gasteiger partial charge in [-0.15, -0.1) is 0 Å². The van der Waals surface area contributed by atoms with Gasteiger partial charge in [-0.2, -0.15) is 13.2 Å². The molecule has 2 aliphatic heterocycles. The summed E-state index contributed by atoms with van der Waals surface area (Å²) in [5.74, 6) is -0.531. The highest BCUT2D eigenvalue weighted by molar-refractivity contribution is 6.33. The highest BCUT2D eigenvalue weighted by atomic mass is 35.5. The van der Waals surface area contributed by atoms with Crippen molar-refractivity contribution in [2.24, 2.45) is 5.73 Å². The van der Waals surface area contributed by atoms with Crippen LogP contribution in [0.4, 0.5) is 18.9 Å². The quantitative estimate of drug-likeness (QED) is 0.662. The van der Waals surface area contributed by atoms with Gasteiger partial charge in [-0.3, -0.25) is 14.5 Å². The van der Waals surface area contributed by atoms with E-state index >= 15 is 0 Å². The molecule has 1 aromatic rings. The fraction of sp³-hybridized carbons (Fsp3) is 0.571. The van der Waals surface area contributed by atoms with E-state index in [4.69, 9.17) is 23.1 Å². The Hall–Kier alpha value is -2.00. The number of hydrogen-bond donors (Lipinski definition) is 2. The molecule has 4 N–H and O–H groups in total. The van der Waals surface area contributed by atoms with Crippen molar-refractivity contribution < 1.29 is 22.8 Å². The number of likely N-dealkylation sites (tertiary alicyclic amines) is 2. The second-order valence-corrected chi connectivity index (χ2v) is 8.56. The molecule has 2 saturated heterocycles. The fourth-order valence-electron chi connectivity index (χ4n) is 4.47. The Labute approximate surface area is 184 Å². The monoisotopic (exact) mass is 459 g/mol. The molecule has 0 aromatic heterocycles. The van der Waals surface area contributed by atoms with Crippen LogP contribution in [-0.2, 0) is 22.2 Å². The van der Waals surface area contributed by atoms with Crippen LogP contribution in [0.1, 0.15) is 43.2 Å². The molecule has 1 radical (unpaired) electrons. The molecule has 1 atom stereocenters. The van der Waals surface area contributed by atoms with E-state index in [-0.39, 0.29) is 40.9 Å². The third-order valence-corrected chi connectivity index (χ3v) is 6.44. The summed E-state index contributed by atoms with van der Waals surface area (Å²) in [4.78, 5) is 28.2. The third kappa shape index (κ3) is 5.63. The number of primary amides is 1. The van der Waals surface area contributed by atoms with Gasteiger partial charge in [0, 0.05) is 19.1 Å². The van der Waals surface area contributed by atoms with Gasteiger partial charge in [-0.25, -0.2) is 0 Å². The summed E-state index contributed by atoms with van der Waals surface area (Å²) in [5, 5.41) is -0.183. The van der Waals surface area contributed by atoms with Crippen molar-refractivity contribution in [1.82, 2.24) is 9.80 Å². The molecule has 10 heteroatoms. The van der Waals surface area contributed by atoms with Crippen LogP contribution in [0, 0.1) is 6.42 Å². The molecule has 1 aromatic carbocycles. The number of carbonyl (C=O) groups is 2. The lowest BCUT2D eigenvalue weighted by Gasteiger charge is -2.43. The minimum absolute atomic E-state index is 0.0255. The number of hydrogen-bond acceptors (Lipinski definition) is 4. The molecule has 0 saturated carbocycles. The van der Waals surface area contributed by atoms with Gasteiger partial charge in [-0.05, 0) is 56.3 Å². The summed E-state index contributed by atoms with van der Waals surface area (Å²) >= 11 is 5.84. The topological polar surface area (TPSA) is 92.7 Å². The summed E-state index contributed by atoms with van der Waals surface area (Å²) < 4.78 is 39.3. The number of amides is 2. The van der Waals surface area contributed by atoms with Crippen LogP contribution in [0.15, 0.2) is 12.1 Å². The van der Waals surface area contributed by atoms with Crippen molar-refractivity contribution in [3.05, 3.63) is 34.7 Å². The molecular formula is C21H27ClF3N4O2. The summed E-state index contributed by atoms with van der Waals surface area (Å²) in [5.41, 5.74) is 9.75. The molecule has 6 nitrogen and oxygen atoms in total. The highest BCUT2D eigenvalue weighted by Gasteiger charge is 2.36. The first-order chi connectivity index (χ1) is 14.6. The number of nitrogens with two attached hydrogens (primary N) is 2. The number of nitrogen functional groups attached to an aromatic ring is 1. The van der Waals surface area contributed by atoms with Crippen molar-refractivity contribution in [1.29, 1.82) is 0 Å². The summed E-state index contributed by atoms with van der Waals surface area (Å²) in [6.45, 7) is 1.88. The van der Waals surface area contributed by atoms with E-state index < -0.39 is 17.4 Å². The number of rotatable bonds is 5. The summed E-state index contributed by atoms with van der Waals surface area (Å²) in [6.07, 6.45) is 1.03. The molecule has 2 fully saturated rings. The first-order valence-corrected chi connectivity index (χ1v) is 10.8. The van der Waals surface area contributed by atoms with E-state index in [9.17, 15) is 22.8 Å². The average Bonchev–Trinajstić information content (AvgIpc) is 2.73. The Bertz CT molecular complexity index is 826. The van der Waals surface area contributed by atoms with Gasteiger partial charge in [0.15, 0.2) is 0 Å². The molecule has 171 valence electrons. The number of anilines is 1. The van der Waals surface area contributed by atoms with E-state index in [0.717, 1.165) is 44.7 Å². The maximum absolute atomic E-state index is 13.1. The van der Waals surface area contributed by atoms with Crippen LogP contribution in [0.3, 0.4) is 0 Å². The standard InChI is InChI=1S/C21H27ClF3N4O2/c22-16-12-13(11-15(19(16)26)21(23,24)25)4-5-18(30)28-9-6-14(7-10-28)29-8-2-1-3-17(29)20(27)31/h5,11-12,14,17H,1-4,6-10,26H2,(H2,27,31)/t17-/m1/s1. The van der Waals surface area contributed by atoms with Crippen LogP contribution < -0.4 is 11.5 Å². The van der Waals surface area contributed by atoms with Crippen LogP contribution in [-0.4, -0.2) is 53.3 Å². The lowest BCUT2D eigenvalue weighted by molar-refractivity contribution is -0.137. The van der Waals surface area contributed by atoms with E-state index in [1.165, 1.54) is 12.5 Å². The Morgan fingerprint density at radius 3 is 2.42 bits per heavy atom. The summed E-state index contributed by atoms with van der Waals surface area (Å²) in [7, 11) is 0. The average molecular weight is 460 g/mol. The molecule has 0 spiro atoms. The van der Waals surface area contributed by atoms with Gasteiger partial charge >= 0.3 is 6.18 Å². The third-order valence-electron chi connectivity index (χ3n) is 6.12. The van der Waals surface area contributed by atoms with Crippen molar-refractivity contribution in [2.75, 3.05) is 25.4 Å². The normalized spacial score (nSPS) is 21.3. The summed E-state index contributed by atoms with van der Waals surface area (Å²) in [6, 6.07) is 2.23. The van der Waals surface area contributed by atoms with Gasteiger partial charge in [-0.1, -0.05) is 18.0 Å². The number of alkyl halides is 3. The van der Waals surface area contributed by atoms with Gasteiger partial charge in [0.1, 0.15) is 0 Å². The highest BCUT2D eigenvalue weighted by Crippen LogP contribution is 2.38. The van der Waals surface area contributed by atoms with Crippen molar-refractivity contribution in [3.63, 3.8) is 0 Å². The van der Waals surface area contributed by atoms with E-state index in [0.29, 0.717) is 13.1 Å².